The van der Waals surface area contributed by atoms with Crippen LogP contribution in [0.25, 0.3) is 0 Å². The van der Waals surface area contributed by atoms with E-state index >= 15 is 0 Å². The topological polar surface area (TPSA) is 57.6 Å². The number of likely N-dealkylation sites (tertiary alicyclic amines) is 1. The molecule has 3 atom stereocenters. The molecule has 1 saturated heterocycles. The van der Waals surface area contributed by atoms with Crippen molar-refractivity contribution in [1.82, 2.24) is 4.90 Å². The lowest BCUT2D eigenvalue weighted by Gasteiger charge is -2.52. The van der Waals surface area contributed by atoms with E-state index in [-0.39, 0.29) is 30.3 Å². The van der Waals surface area contributed by atoms with Crippen molar-refractivity contribution in [2.75, 3.05) is 0 Å². The molecule has 5 rings (SSSR count). The standard InChI is InChI=1S/C27H29Cl2NO3/c1-27(15-23(31)32)14-22(19-3-2-4-21(29)13-19)25(18-9-11-20(28)12-10-18)30(26(27)33)24(16-5-6-16)17-7-8-17/h2-4,9-13,16-17,22,24-25H,5-8,14-15H2,1H3,(H,31,32)/t22?,25-,27+/m1/s1. The molecular weight excluding hydrogens is 457 g/mol. The zero-order chi connectivity index (χ0) is 23.3. The highest BCUT2D eigenvalue weighted by atomic mass is 35.5. The Kier molecular flexibility index (Phi) is 5.95. The van der Waals surface area contributed by atoms with Crippen LogP contribution >= 0.6 is 23.2 Å². The molecule has 3 fully saturated rings. The minimum atomic E-state index is -0.968. The van der Waals surface area contributed by atoms with Gasteiger partial charge in [0.1, 0.15) is 0 Å². The molecule has 0 bridgehead atoms. The monoisotopic (exact) mass is 485 g/mol. The van der Waals surface area contributed by atoms with E-state index in [0.29, 0.717) is 28.3 Å². The maximum Gasteiger partial charge on any atom is 0.304 e. The third-order valence-corrected chi connectivity index (χ3v) is 8.15. The van der Waals surface area contributed by atoms with Crippen LogP contribution in [0.4, 0.5) is 0 Å². The molecule has 2 aliphatic carbocycles. The van der Waals surface area contributed by atoms with E-state index in [1.54, 1.807) is 0 Å². The Labute approximate surface area is 204 Å². The Balaban J connectivity index is 1.68. The van der Waals surface area contributed by atoms with Gasteiger partial charge in [0, 0.05) is 22.0 Å². The summed E-state index contributed by atoms with van der Waals surface area (Å²) >= 11 is 12.6. The fraction of sp³-hybridized carbons (Fsp3) is 0.481. The van der Waals surface area contributed by atoms with Gasteiger partial charge in [-0.25, -0.2) is 0 Å². The first kappa shape index (κ1) is 22.7. The number of carboxylic acids is 1. The van der Waals surface area contributed by atoms with Crippen molar-refractivity contribution >= 4 is 35.1 Å². The predicted molar refractivity (Wildman–Crippen MR) is 129 cm³/mol. The average Bonchev–Trinajstić information content (AvgIpc) is 3.67. The number of carbonyl (C=O) groups is 2. The van der Waals surface area contributed by atoms with Gasteiger partial charge >= 0.3 is 5.97 Å². The number of carbonyl (C=O) groups excluding carboxylic acids is 1. The minimum absolute atomic E-state index is 0.0214. The molecule has 174 valence electrons. The number of carboxylic acid groups (broad SMARTS) is 1. The summed E-state index contributed by atoms with van der Waals surface area (Å²) in [5, 5.41) is 11.0. The summed E-state index contributed by atoms with van der Waals surface area (Å²) in [5.41, 5.74) is 1.12. The van der Waals surface area contributed by atoms with Crippen LogP contribution in [0.1, 0.15) is 68.5 Å². The zero-order valence-corrected chi connectivity index (χ0v) is 20.2. The van der Waals surface area contributed by atoms with Crippen molar-refractivity contribution in [3.8, 4) is 0 Å². The van der Waals surface area contributed by atoms with Gasteiger partial charge < -0.3 is 10.0 Å². The average molecular weight is 486 g/mol. The molecule has 6 heteroatoms. The quantitative estimate of drug-likeness (QED) is 0.473. The minimum Gasteiger partial charge on any atom is -0.481 e. The number of hydrogen-bond donors (Lipinski definition) is 1. The van der Waals surface area contributed by atoms with Gasteiger partial charge in [-0.2, -0.15) is 0 Å². The summed E-state index contributed by atoms with van der Waals surface area (Å²) in [7, 11) is 0. The summed E-state index contributed by atoms with van der Waals surface area (Å²) in [6.07, 6.45) is 4.83. The smallest absolute Gasteiger partial charge is 0.304 e. The van der Waals surface area contributed by atoms with Crippen LogP contribution in [0.3, 0.4) is 0 Å². The van der Waals surface area contributed by atoms with E-state index in [4.69, 9.17) is 23.2 Å². The van der Waals surface area contributed by atoms with E-state index in [2.05, 4.69) is 11.0 Å². The highest BCUT2D eigenvalue weighted by molar-refractivity contribution is 6.30. The number of hydrogen-bond acceptors (Lipinski definition) is 2. The largest absolute Gasteiger partial charge is 0.481 e. The van der Waals surface area contributed by atoms with Crippen molar-refractivity contribution in [3.05, 3.63) is 69.7 Å². The first-order chi connectivity index (χ1) is 15.8. The second-order valence-corrected chi connectivity index (χ2v) is 11.2. The lowest BCUT2D eigenvalue weighted by atomic mass is 9.66. The summed E-state index contributed by atoms with van der Waals surface area (Å²) in [4.78, 5) is 28.2. The van der Waals surface area contributed by atoms with E-state index in [1.165, 1.54) is 0 Å². The summed E-state index contributed by atoms with van der Waals surface area (Å²) in [5.74, 6) is -0.0132. The molecule has 0 radical (unpaired) electrons. The van der Waals surface area contributed by atoms with Gasteiger partial charge in [0.2, 0.25) is 5.91 Å². The van der Waals surface area contributed by atoms with E-state index < -0.39 is 11.4 Å². The van der Waals surface area contributed by atoms with Crippen molar-refractivity contribution < 1.29 is 14.7 Å². The number of rotatable bonds is 7. The van der Waals surface area contributed by atoms with E-state index in [9.17, 15) is 14.7 Å². The van der Waals surface area contributed by atoms with Crippen LogP contribution in [-0.4, -0.2) is 27.9 Å². The highest BCUT2D eigenvalue weighted by Gasteiger charge is 2.57. The van der Waals surface area contributed by atoms with Gasteiger partial charge in [-0.1, -0.05) is 54.4 Å². The maximum absolute atomic E-state index is 14.2. The Hall–Kier alpha value is -2.04. The Morgan fingerprint density at radius 2 is 1.67 bits per heavy atom. The lowest BCUT2D eigenvalue weighted by Crippen LogP contribution is -2.57. The van der Waals surface area contributed by atoms with Gasteiger partial charge in [0.05, 0.1) is 17.9 Å². The summed E-state index contributed by atoms with van der Waals surface area (Å²) in [6.45, 7) is 1.84. The van der Waals surface area contributed by atoms with Crippen molar-refractivity contribution in [2.45, 2.75) is 63.5 Å². The van der Waals surface area contributed by atoms with E-state index in [0.717, 1.165) is 36.8 Å². The summed E-state index contributed by atoms with van der Waals surface area (Å²) in [6, 6.07) is 15.6. The summed E-state index contributed by atoms with van der Waals surface area (Å²) < 4.78 is 0. The lowest BCUT2D eigenvalue weighted by molar-refractivity contribution is -0.161. The van der Waals surface area contributed by atoms with Crippen molar-refractivity contribution in [1.29, 1.82) is 0 Å². The van der Waals surface area contributed by atoms with Gasteiger partial charge in [0.25, 0.3) is 0 Å². The highest BCUT2D eigenvalue weighted by Crippen LogP contribution is 2.57. The van der Waals surface area contributed by atoms with Gasteiger partial charge in [-0.15, -0.1) is 0 Å². The van der Waals surface area contributed by atoms with Crippen LogP contribution in [0, 0.1) is 17.3 Å². The van der Waals surface area contributed by atoms with Crippen LogP contribution in [-0.2, 0) is 9.59 Å². The van der Waals surface area contributed by atoms with Gasteiger partial charge in [-0.3, -0.25) is 9.59 Å². The molecule has 2 aromatic carbocycles. The number of piperidine rings is 1. The third kappa shape index (κ3) is 4.52. The molecule has 1 unspecified atom stereocenters. The molecule has 1 aliphatic heterocycles. The van der Waals surface area contributed by atoms with Gasteiger partial charge in [-0.05, 0) is 79.3 Å². The number of benzene rings is 2. The molecule has 0 aromatic heterocycles. The number of aliphatic carboxylic acids is 1. The van der Waals surface area contributed by atoms with Crippen LogP contribution in [0.15, 0.2) is 48.5 Å². The Morgan fingerprint density at radius 1 is 1.03 bits per heavy atom. The molecule has 3 aliphatic rings. The fourth-order valence-corrected chi connectivity index (χ4v) is 6.25. The third-order valence-electron chi connectivity index (χ3n) is 7.66. The molecule has 1 amide bonds. The first-order valence-corrected chi connectivity index (χ1v) is 12.6. The SMILES string of the molecule is C[C@@]1(CC(=O)O)CC(c2cccc(Cl)c2)[C@@H](c2ccc(Cl)cc2)N(C(C2CC2)C2CC2)C1=O. The fourth-order valence-electron chi connectivity index (χ4n) is 5.92. The molecule has 4 nitrogen and oxygen atoms in total. The predicted octanol–water partition coefficient (Wildman–Crippen LogP) is 6.72. The normalized spacial score (nSPS) is 27.8. The van der Waals surface area contributed by atoms with Crippen LogP contribution in [0.5, 0.6) is 0 Å². The molecule has 33 heavy (non-hydrogen) atoms. The molecule has 1 N–H and O–H groups in total. The van der Waals surface area contributed by atoms with Crippen molar-refractivity contribution in [2.24, 2.45) is 17.3 Å². The number of amides is 1. The maximum atomic E-state index is 14.2. The molecule has 0 spiro atoms. The molecule has 1 heterocycles. The van der Waals surface area contributed by atoms with Gasteiger partial charge in [0.15, 0.2) is 0 Å². The van der Waals surface area contributed by atoms with Crippen molar-refractivity contribution in [3.63, 3.8) is 0 Å². The molecule has 2 saturated carbocycles. The number of halogens is 2. The number of nitrogens with zero attached hydrogens (tertiary/aromatic N) is 1. The van der Waals surface area contributed by atoms with Crippen LogP contribution < -0.4 is 0 Å². The molecular formula is C27H29Cl2NO3. The second-order valence-electron chi connectivity index (χ2n) is 10.4. The second kappa shape index (κ2) is 8.63. The zero-order valence-electron chi connectivity index (χ0n) is 18.7. The first-order valence-electron chi connectivity index (χ1n) is 11.8. The molecule has 2 aromatic rings. The Morgan fingerprint density at radius 3 is 2.21 bits per heavy atom. The Bertz CT molecular complexity index is 1050. The van der Waals surface area contributed by atoms with E-state index in [1.807, 2.05) is 49.4 Å². The van der Waals surface area contributed by atoms with Crippen LogP contribution in [0.2, 0.25) is 10.0 Å².